The van der Waals surface area contributed by atoms with Gasteiger partial charge in [0.2, 0.25) is 0 Å². The van der Waals surface area contributed by atoms with Gasteiger partial charge in [-0.3, -0.25) is 4.90 Å². The van der Waals surface area contributed by atoms with Crippen LogP contribution in [0.4, 0.5) is 0 Å². The number of aromatic amines is 1. The van der Waals surface area contributed by atoms with Crippen molar-refractivity contribution >= 4 is 23.3 Å². The number of ether oxygens (including phenoxy) is 3. The fraction of sp³-hybridized carbons (Fsp3) is 0.533. The van der Waals surface area contributed by atoms with Gasteiger partial charge in [-0.25, -0.2) is 0 Å². The molecule has 0 aliphatic carbocycles. The lowest BCUT2D eigenvalue weighted by Gasteiger charge is -2.47. The van der Waals surface area contributed by atoms with Crippen LogP contribution in [-0.2, 0) is 12.8 Å². The molecule has 1 saturated heterocycles. The molecule has 200 valence electrons. The fourth-order valence-electron chi connectivity index (χ4n) is 7.17. The van der Waals surface area contributed by atoms with Gasteiger partial charge in [-0.05, 0) is 91.1 Å². The molecule has 0 radical (unpaired) electrons. The van der Waals surface area contributed by atoms with Gasteiger partial charge in [-0.2, -0.15) is 0 Å². The Hall–Kier alpha value is -2.41. The zero-order valence-electron chi connectivity index (χ0n) is 22.4. The molecule has 0 bridgehead atoms. The first kappa shape index (κ1) is 26.2. The maximum absolute atomic E-state index is 5.67. The molecule has 2 aromatic carbocycles. The summed E-state index contributed by atoms with van der Waals surface area (Å²) in [5.74, 6) is 3.99. The summed E-state index contributed by atoms with van der Waals surface area (Å²) in [6.45, 7) is 5.72. The average molecular weight is 526 g/mol. The highest BCUT2D eigenvalue weighted by molar-refractivity contribution is 5.86. The molecule has 1 aromatic heterocycles. The van der Waals surface area contributed by atoms with Gasteiger partial charge in [-0.15, -0.1) is 12.4 Å². The first-order chi connectivity index (χ1) is 17.6. The second kappa shape index (κ2) is 10.8. The first-order valence-corrected chi connectivity index (χ1v) is 13.5. The van der Waals surface area contributed by atoms with Crippen LogP contribution in [0.2, 0.25) is 0 Å². The van der Waals surface area contributed by atoms with E-state index in [0.29, 0.717) is 18.0 Å². The van der Waals surface area contributed by atoms with Gasteiger partial charge < -0.3 is 24.5 Å². The molecule has 0 saturated carbocycles. The summed E-state index contributed by atoms with van der Waals surface area (Å²) >= 11 is 0. The van der Waals surface area contributed by atoms with Crippen molar-refractivity contribution in [3.05, 3.63) is 52.7 Å². The summed E-state index contributed by atoms with van der Waals surface area (Å²) in [4.78, 5) is 6.57. The summed E-state index contributed by atoms with van der Waals surface area (Å²) in [6, 6.07) is 11.7. The summed E-state index contributed by atoms with van der Waals surface area (Å²) in [7, 11) is 5.21. The van der Waals surface area contributed by atoms with E-state index in [2.05, 4.69) is 52.5 Å². The highest BCUT2D eigenvalue weighted by Crippen LogP contribution is 2.47. The van der Waals surface area contributed by atoms with Gasteiger partial charge in [-0.1, -0.05) is 13.3 Å². The van der Waals surface area contributed by atoms with Crippen LogP contribution in [0.15, 0.2) is 30.3 Å². The van der Waals surface area contributed by atoms with Crippen molar-refractivity contribution in [1.82, 2.24) is 15.2 Å². The average Bonchev–Trinajstić information content (AvgIpc) is 3.30. The number of rotatable bonds is 6. The van der Waals surface area contributed by atoms with Crippen LogP contribution in [-0.4, -0.2) is 50.8 Å². The fourth-order valence-corrected chi connectivity index (χ4v) is 7.17. The largest absolute Gasteiger partial charge is 0.497 e. The number of nitrogens with zero attached hydrogens (tertiary/aromatic N) is 1. The third kappa shape index (κ3) is 4.58. The Kier molecular flexibility index (Phi) is 7.62. The third-order valence-electron chi connectivity index (χ3n) is 9.10. The predicted molar refractivity (Wildman–Crippen MR) is 151 cm³/mol. The van der Waals surface area contributed by atoms with Crippen molar-refractivity contribution in [3.8, 4) is 17.2 Å². The van der Waals surface area contributed by atoms with Crippen molar-refractivity contribution < 1.29 is 14.2 Å². The van der Waals surface area contributed by atoms with Crippen molar-refractivity contribution in [1.29, 1.82) is 0 Å². The molecule has 4 heterocycles. The van der Waals surface area contributed by atoms with Crippen LogP contribution in [0.5, 0.6) is 17.2 Å². The minimum atomic E-state index is 0. The van der Waals surface area contributed by atoms with E-state index >= 15 is 0 Å². The number of benzene rings is 2. The summed E-state index contributed by atoms with van der Waals surface area (Å²) in [5.41, 5.74) is 6.95. The van der Waals surface area contributed by atoms with E-state index in [-0.39, 0.29) is 12.4 Å². The molecule has 1 fully saturated rings. The van der Waals surface area contributed by atoms with Gasteiger partial charge in [0.1, 0.15) is 5.75 Å². The Morgan fingerprint density at radius 3 is 2.54 bits per heavy atom. The zero-order chi connectivity index (χ0) is 24.8. The van der Waals surface area contributed by atoms with Crippen molar-refractivity contribution in [2.24, 2.45) is 11.8 Å². The molecule has 3 aliphatic heterocycles. The smallest absolute Gasteiger partial charge is 0.161 e. The van der Waals surface area contributed by atoms with Crippen LogP contribution in [0.3, 0.4) is 0 Å². The van der Waals surface area contributed by atoms with Gasteiger partial charge in [0.05, 0.1) is 27.4 Å². The lowest BCUT2D eigenvalue weighted by atomic mass is 9.73. The van der Waals surface area contributed by atoms with Gasteiger partial charge in [0.25, 0.3) is 0 Å². The molecule has 4 atom stereocenters. The number of aromatic nitrogens is 1. The number of fused-ring (bicyclic) bond motifs is 6. The Morgan fingerprint density at radius 2 is 1.78 bits per heavy atom. The highest BCUT2D eigenvalue weighted by atomic mass is 35.5. The van der Waals surface area contributed by atoms with Crippen LogP contribution >= 0.6 is 12.4 Å². The number of halogens is 1. The number of piperidine rings is 1. The Labute approximate surface area is 226 Å². The molecule has 2 N–H and O–H groups in total. The normalized spacial score (nSPS) is 25.0. The highest BCUT2D eigenvalue weighted by Gasteiger charge is 2.40. The first-order valence-electron chi connectivity index (χ1n) is 13.5. The maximum Gasteiger partial charge on any atom is 0.161 e. The quantitative estimate of drug-likeness (QED) is 0.423. The summed E-state index contributed by atoms with van der Waals surface area (Å²) < 4.78 is 16.8. The zero-order valence-corrected chi connectivity index (χ0v) is 23.2. The third-order valence-corrected chi connectivity index (χ3v) is 9.10. The summed E-state index contributed by atoms with van der Waals surface area (Å²) in [5, 5.41) is 5.18. The van der Waals surface area contributed by atoms with E-state index in [1.165, 1.54) is 52.7 Å². The van der Waals surface area contributed by atoms with E-state index in [9.17, 15) is 0 Å². The molecule has 2 unspecified atom stereocenters. The number of hydrogen-bond donors (Lipinski definition) is 2. The minimum absolute atomic E-state index is 0. The van der Waals surface area contributed by atoms with Crippen LogP contribution in [0.1, 0.15) is 60.7 Å². The Balaban J connectivity index is 0.00000280. The molecule has 3 aromatic rings. The number of methoxy groups -OCH3 is 3. The molecule has 0 spiro atoms. The molecule has 3 aliphatic rings. The lowest BCUT2D eigenvalue weighted by Crippen LogP contribution is -2.46. The minimum Gasteiger partial charge on any atom is -0.497 e. The van der Waals surface area contributed by atoms with Gasteiger partial charge in [0, 0.05) is 35.7 Å². The van der Waals surface area contributed by atoms with Crippen LogP contribution in [0, 0.1) is 11.8 Å². The predicted octanol–water partition coefficient (Wildman–Crippen LogP) is 5.84. The molecule has 6 rings (SSSR count). The number of H-pyrrole nitrogens is 1. The SMILES string of the molecule is CCC1CN2CCc3c([nH]c4ccc(OC)cc34)[C@@H]2C[C@@H]1CC1NCCc2cc(OC)c(OC)cc21.Cl. The van der Waals surface area contributed by atoms with Gasteiger partial charge in [0.15, 0.2) is 11.5 Å². The van der Waals surface area contributed by atoms with E-state index < -0.39 is 0 Å². The number of nitrogens with one attached hydrogen (secondary N) is 2. The molecule has 37 heavy (non-hydrogen) atoms. The maximum atomic E-state index is 5.67. The second-order valence-corrected chi connectivity index (χ2v) is 10.8. The number of hydrogen-bond acceptors (Lipinski definition) is 5. The van der Waals surface area contributed by atoms with Gasteiger partial charge >= 0.3 is 0 Å². The van der Waals surface area contributed by atoms with E-state index in [4.69, 9.17) is 14.2 Å². The van der Waals surface area contributed by atoms with Crippen molar-refractivity contribution in [2.75, 3.05) is 41.0 Å². The monoisotopic (exact) mass is 525 g/mol. The standard InChI is InChI=1S/C30H39N3O3.ClH/c1-5-18-17-33-11-9-22-24-15-21(34-2)6-7-25(24)32-30(22)27(33)13-20(18)12-26-23-16-29(36-4)28(35-3)14-19(23)8-10-31-26;/h6-7,14-16,18,20,26-27,31-32H,5,8-13,17H2,1-4H3;1H/t18?,20-,26?,27-;/m0./s1. The molecule has 7 heteroatoms. The van der Waals surface area contributed by atoms with E-state index in [1.807, 2.05) is 0 Å². The van der Waals surface area contributed by atoms with E-state index in [1.54, 1.807) is 21.3 Å². The van der Waals surface area contributed by atoms with Crippen molar-refractivity contribution in [2.45, 2.75) is 51.1 Å². The van der Waals surface area contributed by atoms with Crippen LogP contribution < -0.4 is 19.5 Å². The summed E-state index contributed by atoms with van der Waals surface area (Å²) in [6.07, 6.45) is 5.74. The van der Waals surface area contributed by atoms with E-state index in [0.717, 1.165) is 55.5 Å². The Morgan fingerprint density at radius 1 is 0.973 bits per heavy atom. The second-order valence-electron chi connectivity index (χ2n) is 10.8. The van der Waals surface area contributed by atoms with Crippen molar-refractivity contribution in [3.63, 3.8) is 0 Å². The topological polar surface area (TPSA) is 58.8 Å². The molecule has 0 amide bonds. The van der Waals surface area contributed by atoms with Crippen LogP contribution in [0.25, 0.3) is 10.9 Å². The molecular weight excluding hydrogens is 486 g/mol. The Bertz CT molecular complexity index is 1260. The lowest BCUT2D eigenvalue weighted by molar-refractivity contribution is 0.0421. The molecular formula is C30H40ClN3O3. The molecule has 6 nitrogen and oxygen atoms in total.